The van der Waals surface area contributed by atoms with Crippen LogP contribution >= 0.6 is 0 Å². The summed E-state index contributed by atoms with van der Waals surface area (Å²) in [6.45, 7) is 3.75. The van der Waals surface area contributed by atoms with Gasteiger partial charge in [0, 0.05) is 0 Å². The predicted molar refractivity (Wildman–Crippen MR) is 42.6 cm³/mol. The number of nitrogens with one attached hydrogen (secondary N) is 1. The highest BCUT2D eigenvalue weighted by Gasteiger charge is 2.03. The zero-order valence-corrected chi connectivity index (χ0v) is 6.55. The Morgan fingerprint density at radius 2 is 2.55 bits per heavy atom. The highest BCUT2D eigenvalue weighted by Crippen LogP contribution is 2.13. The molecule has 0 unspecified atom stereocenters. The molecule has 0 aliphatic heterocycles. The van der Waals surface area contributed by atoms with Gasteiger partial charge in [0.15, 0.2) is 0 Å². The molecule has 3 nitrogen and oxygen atoms in total. The van der Waals surface area contributed by atoms with Gasteiger partial charge in [0.2, 0.25) is 0 Å². The van der Waals surface area contributed by atoms with Gasteiger partial charge in [-0.3, -0.25) is 5.10 Å². The SMILES string of the molecule is C/C=C(\C#N)c1[nH]ncc1C. The summed E-state index contributed by atoms with van der Waals surface area (Å²) in [5, 5.41) is 15.2. The Labute approximate surface area is 65.4 Å². The molecule has 0 atom stereocenters. The average molecular weight is 147 g/mol. The van der Waals surface area contributed by atoms with Crippen LogP contribution < -0.4 is 0 Å². The Morgan fingerprint density at radius 1 is 1.82 bits per heavy atom. The lowest BCUT2D eigenvalue weighted by molar-refractivity contribution is 1.07. The topological polar surface area (TPSA) is 52.5 Å². The van der Waals surface area contributed by atoms with Crippen molar-refractivity contribution in [2.75, 3.05) is 0 Å². The Hall–Kier alpha value is -1.56. The number of aromatic nitrogens is 2. The van der Waals surface area contributed by atoms with Crippen LogP contribution in [0.5, 0.6) is 0 Å². The molecule has 0 aromatic carbocycles. The molecule has 0 bridgehead atoms. The van der Waals surface area contributed by atoms with Crippen LogP contribution in [0.4, 0.5) is 0 Å². The molecule has 1 heterocycles. The molecular weight excluding hydrogens is 138 g/mol. The minimum atomic E-state index is 0.639. The Morgan fingerprint density at radius 3 is 2.91 bits per heavy atom. The molecule has 0 spiro atoms. The number of aryl methyl sites for hydroxylation is 1. The lowest BCUT2D eigenvalue weighted by Gasteiger charge is -1.92. The molecule has 0 saturated heterocycles. The summed E-state index contributed by atoms with van der Waals surface area (Å²) in [5.41, 5.74) is 2.45. The summed E-state index contributed by atoms with van der Waals surface area (Å²) in [7, 11) is 0. The minimum Gasteiger partial charge on any atom is -0.277 e. The summed E-state index contributed by atoms with van der Waals surface area (Å²) in [5.74, 6) is 0. The molecule has 0 fully saturated rings. The zero-order valence-electron chi connectivity index (χ0n) is 6.55. The van der Waals surface area contributed by atoms with Crippen molar-refractivity contribution >= 4 is 5.57 Å². The van der Waals surface area contributed by atoms with Gasteiger partial charge in [-0.2, -0.15) is 10.4 Å². The second-order valence-corrected chi connectivity index (χ2v) is 2.24. The van der Waals surface area contributed by atoms with E-state index in [0.717, 1.165) is 11.3 Å². The molecule has 11 heavy (non-hydrogen) atoms. The summed E-state index contributed by atoms with van der Waals surface area (Å²) in [6.07, 6.45) is 3.47. The van der Waals surface area contributed by atoms with Crippen LogP contribution in [0.1, 0.15) is 18.2 Å². The fourth-order valence-corrected chi connectivity index (χ4v) is 0.884. The van der Waals surface area contributed by atoms with Gasteiger partial charge >= 0.3 is 0 Å². The van der Waals surface area contributed by atoms with Crippen molar-refractivity contribution in [1.82, 2.24) is 10.2 Å². The second-order valence-electron chi connectivity index (χ2n) is 2.24. The molecule has 0 radical (unpaired) electrons. The molecular formula is C8H9N3. The van der Waals surface area contributed by atoms with E-state index in [1.54, 1.807) is 12.3 Å². The Bertz CT molecular complexity index is 314. The Balaban J connectivity index is 3.13. The number of hydrogen-bond donors (Lipinski definition) is 1. The van der Waals surface area contributed by atoms with Gasteiger partial charge in [-0.15, -0.1) is 0 Å². The number of nitrogens with zero attached hydrogens (tertiary/aromatic N) is 2. The Kier molecular flexibility index (Phi) is 2.07. The first kappa shape index (κ1) is 7.55. The van der Waals surface area contributed by atoms with Crippen molar-refractivity contribution in [3.05, 3.63) is 23.5 Å². The highest BCUT2D eigenvalue weighted by molar-refractivity contribution is 5.75. The average Bonchev–Trinajstić information content (AvgIpc) is 2.40. The monoisotopic (exact) mass is 147 g/mol. The van der Waals surface area contributed by atoms with Crippen LogP contribution in [-0.4, -0.2) is 10.2 Å². The van der Waals surface area contributed by atoms with Gasteiger partial charge in [0.05, 0.1) is 17.5 Å². The number of aromatic amines is 1. The van der Waals surface area contributed by atoms with Crippen LogP contribution in [0, 0.1) is 18.3 Å². The first-order valence-electron chi connectivity index (χ1n) is 3.36. The van der Waals surface area contributed by atoms with Gasteiger partial charge in [0.1, 0.15) is 6.07 Å². The van der Waals surface area contributed by atoms with E-state index in [4.69, 9.17) is 5.26 Å². The van der Waals surface area contributed by atoms with Gasteiger partial charge in [-0.25, -0.2) is 0 Å². The molecule has 1 rings (SSSR count). The van der Waals surface area contributed by atoms with E-state index in [0.29, 0.717) is 5.57 Å². The van der Waals surface area contributed by atoms with Crippen LogP contribution in [-0.2, 0) is 0 Å². The maximum absolute atomic E-state index is 8.66. The van der Waals surface area contributed by atoms with Gasteiger partial charge in [0.25, 0.3) is 0 Å². The van der Waals surface area contributed by atoms with E-state index in [-0.39, 0.29) is 0 Å². The molecule has 0 aliphatic carbocycles. The molecule has 1 aromatic heterocycles. The number of H-pyrrole nitrogens is 1. The molecule has 56 valence electrons. The third-order valence-corrected chi connectivity index (χ3v) is 1.51. The van der Waals surface area contributed by atoms with Crippen molar-refractivity contribution in [2.24, 2.45) is 0 Å². The summed E-state index contributed by atoms with van der Waals surface area (Å²) in [6, 6.07) is 2.08. The van der Waals surface area contributed by atoms with E-state index in [1.807, 2.05) is 13.8 Å². The molecule has 0 saturated carbocycles. The molecule has 0 aliphatic rings. The number of rotatable bonds is 1. The minimum absolute atomic E-state index is 0.639. The van der Waals surface area contributed by atoms with E-state index in [1.165, 1.54) is 0 Å². The van der Waals surface area contributed by atoms with Crippen LogP contribution in [0.3, 0.4) is 0 Å². The molecule has 1 N–H and O–H groups in total. The third-order valence-electron chi connectivity index (χ3n) is 1.51. The lowest BCUT2D eigenvalue weighted by atomic mass is 10.1. The van der Waals surface area contributed by atoms with E-state index in [2.05, 4.69) is 16.3 Å². The molecule has 0 amide bonds. The first-order valence-corrected chi connectivity index (χ1v) is 3.36. The van der Waals surface area contributed by atoms with Crippen LogP contribution in [0.25, 0.3) is 5.57 Å². The largest absolute Gasteiger partial charge is 0.277 e. The quantitative estimate of drug-likeness (QED) is 0.614. The zero-order chi connectivity index (χ0) is 8.27. The van der Waals surface area contributed by atoms with Crippen LogP contribution in [0.2, 0.25) is 0 Å². The lowest BCUT2D eigenvalue weighted by Crippen LogP contribution is -1.83. The predicted octanol–water partition coefficient (Wildman–Crippen LogP) is 1.65. The van der Waals surface area contributed by atoms with E-state index < -0.39 is 0 Å². The smallest absolute Gasteiger partial charge is 0.101 e. The number of allylic oxidation sites excluding steroid dienone is 2. The van der Waals surface area contributed by atoms with E-state index >= 15 is 0 Å². The fraction of sp³-hybridized carbons (Fsp3) is 0.250. The summed E-state index contributed by atoms with van der Waals surface area (Å²) >= 11 is 0. The fourth-order valence-electron chi connectivity index (χ4n) is 0.884. The van der Waals surface area contributed by atoms with Gasteiger partial charge in [-0.1, -0.05) is 6.08 Å². The van der Waals surface area contributed by atoms with Crippen molar-refractivity contribution < 1.29 is 0 Å². The van der Waals surface area contributed by atoms with Crippen molar-refractivity contribution in [2.45, 2.75) is 13.8 Å². The maximum atomic E-state index is 8.66. The van der Waals surface area contributed by atoms with Gasteiger partial charge < -0.3 is 0 Å². The third kappa shape index (κ3) is 1.30. The number of hydrogen-bond acceptors (Lipinski definition) is 2. The number of nitriles is 1. The van der Waals surface area contributed by atoms with Gasteiger partial charge in [-0.05, 0) is 19.4 Å². The summed E-state index contributed by atoms with van der Waals surface area (Å²) in [4.78, 5) is 0. The second kappa shape index (κ2) is 3.02. The first-order chi connectivity index (χ1) is 5.29. The van der Waals surface area contributed by atoms with E-state index in [9.17, 15) is 0 Å². The highest BCUT2D eigenvalue weighted by atomic mass is 15.1. The molecule has 3 heteroatoms. The maximum Gasteiger partial charge on any atom is 0.101 e. The van der Waals surface area contributed by atoms with Crippen LogP contribution in [0.15, 0.2) is 12.3 Å². The van der Waals surface area contributed by atoms with Crippen molar-refractivity contribution in [3.8, 4) is 6.07 Å². The summed E-state index contributed by atoms with van der Waals surface area (Å²) < 4.78 is 0. The standard InChI is InChI=1S/C8H9N3/c1-3-7(4-9)8-6(2)5-10-11-8/h3,5H,1-2H3,(H,10,11)/b7-3+. The molecule has 1 aromatic rings. The van der Waals surface area contributed by atoms with Crippen molar-refractivity contribution in [1.29, 1.82) is 5.26 Å². The normalized spacial score (nSPS) is 11.2. The van der Waals surface area contributed by atoms with Crippen molar-refractivity contribution in [3.63, 3.8) is 0 Å².